The van der Waals surface area contributed by atoms with Crippen molar-refractivity contribution in [3.8, 4) is 0 Å². The maximum Gasteiger partial charge on any atom is 0.0530 e. The van der Waals surface area contributed by atoms with Crippen molar-refractivity contribution in [3.63, 3.8) is 0 Å². The molecule has 0 spiro atoms. The van der Waals surface area contributed by atoms with E-state index in [-0.39, 0.29) is 12.0 Å². The number of methoxy groups -OCH3 is 1. The second-order valence-electron chi connectivity index (χ2n) is 3.43. The van der Waals surface area contributed by atoms with E-state index in [4.69, 9.17) is 8.85 Å². The zero-order valence-electron chi connectivity index (χ0n) is 9.69. The molecule has 0 fully saturated rings. The number of rotatable bonds is 3. The summed E-state index contributed by atoms with van der Waals surface area (Å²) < 4.78 is 25.3. The monoisotopic (exact) mass is 133 g/mol. The first-order chi connectivity index (χ1) is 5.15. The Balaban J connectivity index is 3.93. The van der Waals surface area contributed by atoms with Crippen molar-refractivity contribution in [2.24, 2.45) is 11.3 Å². The van der Waals surface area contributed by atoms with Crippen LogP contribution < -0.4 is 0 Å². The first-order valence-corrected chi connectivity index (χ1v) is 3.29. The maximum atomic E-state index is 6.86. The fourth-order valence-corrected chi connectivity index (χ4v) is 0.353. The van der Waals surface area contributed by atoms with E-state index in [1.807, 2.05) is 13.8 Å². The highest BCUT2D eigenvalue weighted by Crippen LogP contribution is 2.25. The smallest absolute Gasteiger partial charge is 0.0530 e. The van der Waals surface area contributed by atoms with Gasteiger partial charge < -0.3 is 4.74 Å². The average Bonchev–Trinajstić information content (AvgIpc) is 1.82. The minimum atomic E-state index is -2.26. The normalized spacial score (nSPS) is 19.0. The van der Waals surface area contributed by atoms with Gasteiger partial charge in [0.25, 0.3) is 0 Å². The van der Waals surface area contributed by atoms with Crippen LogP contribution in [0.2, 0.25) is 0 Å². The largest absolute Gasteiger partial charge is 0.384 e. The molecule has 0 radical (unpaired) electrons. The van der Waals surface area contributed by atoms with E-state index in [9.17, 15) is 0 Å². The van der Waals surface area contributed by atoms with Gasteiger partial charge in [0.05, 0.1) is 10.7 Å². The van der Waals surface area contributed by atoms with Crippen molar-refractivity contribution >= 4 is 0 Å². The summed E-state index contributed by atoms with van der Waals surface area (Å²) in [4.78, 5) is 0. The summed E-state index contributed by atoms with van der Waals surface area (Å²) in [5, 5.41) is 0. The zero-order valence-corrected chi connectivity index (χ0v) is 6.69. The molecule has 0 aliphatic rings. The summed E-state index contributed by atoms with van der Waals surface area (Å²) in [7, 11) is -2.26. The van der Waals surface area contributed by atoms with Crippen LogP contribution in [0.5, 0.6) is 0 Å². The van der Waals surface area contributed by atoms with Crippen molar-refractivity contribution in [2.75, 3.05) is 13.6 Å². The highest BCUT2D eigenvalue weighted by Gasteiger charge is 2.21. The molecule has 0 saturated carbocycles. The van der Waals surface area contributed by atoms with E-state index in [1.54, 1.807) is 0 Å². The highest BCUT2D eigenvalue weighted by molar-refractivity contribution is 4.70. The number of hydrogen-bond acceptors (Lipinski definition) is 1. The van der Waals surface area contributed by atoms with E-state index in [0.29, 0.717) is 5.92 Å². The predicted octanol–water partition coefficient (Wildman–Crippen LogP) is 2.32. The van der Waals surface area contributed by atoms with Gasteiger partial charge in [-0.3, -0.25) is 0 Å². The first kappa shape index (κ1) is 4.73. The van der Waals surface area contributed by atoms with Crippen LogP contribution in [0.4, 0.5) is 0 Å². The van der Waals surface area contributed by atoms with Gasteiger partial charge in [0.2, 0.25) is 0 Å². The molecular formula is C8H18O. The standard InChI is InChI=1S/C8H18O/c1-7(2)8(3,4)6-9-5/h7H,6H2,1-5H3/i5D3. The molecule has 0 aromatic carbocycles. The Morgan fingerprint density at radius 2 is 2.11 bits per heavy atom. The molecule has 0 heterocycles. The molecule has 0 aromatic heterocycles. The molecule has 0 aromatic rings. The van der Waals surface area contributed by atoms with E-state index in [0.717, 1.165) is 0 Å². The lowest BCUT2D eigenvalue weighted by atomic mass is 9.82. The van der Waals surface area contributed by atoms with E-state index in [2.05, 4.69) is 13.8 Å². The molecule has 0 unspecified atom stereocenters. The van der Waals surface area contributed by atoms with Crippen LogP contribution in [0.15, 0.2) is 0 Å². The van der Waals surface area contributed by atoms with Gasteiger partial charge in [-0.05, 0) is 11.3 Å². The van der Waals surface area contributed by atoms with Crippen molar-refractivity contribution < 1.29 is 8.85 Å². The van der Waals surface area contributed by atoms with Crippen LogP contribution in [0.3, 0.4) is 0 Å². The fraction of sp³-hybridized carbons (Fsp3) is 1.00. The first-order valence-electron chi connectivity index (χ1n) is 4.79. The molecule has 1 heteroatoms. The van der Waals surface area contributed by atoms with Gasteiger partial charge in [0.15, 0.2) is 0 Å². The van der Waals surface area contributed by atoms with Crippen LogP contribution in [-0.2, 0) is 4.74 Å². The van der Waals surface area contributed by atoms with Gasteiger partial charge in [-0.1, -0.05) is 27.7 Å². The second kappa shape index (κ2) is 3.21. The van der Waals surface area contributed by atoms with Crippen LogP contribution in [0.25, 0.3) is 0 Å². The Hall–Kier alpha value is -0.0400. The molecule has 0 aliphatic carbocycles. The average molecular weight is 133 g/mol. The van der Waals surface area contributed by atoms with Crippen molar-refractivity contribution in [1.82, 2.24) is 0 Å². The highest BCUT2D eigenvalue weighted by atomic mass is 16.5. The van der Waals surface area contributed by atoms with Crippen molar-refractivity contribution in [1.29, 1.82) is 0 Å². The topological polar surface area (TPSA) is 9.23 Å². The Morgan fingerprint density at radius 3 is 2.44 bits per heavy atom. The molecule has 0 atom stereocenters. The summed E-state index contributed by atoms with van der Waals surface area (Å²) in [5.74, 6) is 0.417. The van der Waals surface area contributed by atoms with Gasteiger partial charge in [-0.25, -0.2) is 0 Å². The van der Waals surface area contributed by atoms with Crippen molar-refractivity contribution in [2.45, 2.75) is 27.7 Å². The van der Waals surface area contributed by atoms with Crippen LogP contribution in [-0.4, -0.2) is 13.6 Å². The molecule has 0 bridgehead atoms. The van der Waals surface area contributed by atoms with Gasteiger partial charge in [0, 0.05) is 7.04 Å². The predicted molar refractivity (Wildman–Crippen MR) is 40.5 cm³/mol. The van der Waals surface area contributed by atoms with Crippen molar-refractivity contribution in [3.05, 3.63) is 0 Å². The molecule has 0 rings (SSSR count). The number of ether oxygens (including phenoxy) is 1. The third-order valence-electron chi connectivity index (χ3n) is 2.01. The van der Waals surface area contributed by atoms with Crippen LogP contribution >= 0.6 is 0 Å². The summed E-state index contributed by atoms with van der Waals surface area (Å²) >= 11 is 0. The molecule has 0 N–H and O–H groups in total. The Bertz CT molecular complexity index is 138. The molecule has 0 aliphatic heterocycles. The minimum Gasteiger partial charge on any atom is -0.384 e. The molecule has 56 valence electrons. The summed E-state index contributed by atoms with van der Waals surface area (Å²) in [6, 6.07) is 0. The summed E-state index contributed by atoms with van der Waals surface area (Å²) in [6.07, 6.45) is 0. The van der Waals surface area contributed by atoms with Gasteiger partial charge in [-0.15, -0.1) is 0 Å². The Labute approximate surface area is 62.6 Å². The molecule has 1 nitrogen and oxygen atoms in total. The van der Waals surface area contributed by atoms with Gasteiger partial charge >= 0.3 is 0 Å². The lowest BCUT2D eigenvalue weighted by Gasteiger charge is -2.27. The molecule has 9 heavy (non-hydrogen) atoms. The van der Waals surface area contributed by atoms with E-state index < -0.39 is 7.04 Å². The minimum absolute atomic E-state index is 0.0750. The fourth-order valence-electron chi connectivity index (χ4n) is 0.353. The second-order valence-corrected chi connectivity index (χ2v) is 3.43. The third kappa shape index (κ3) is 2.85. The van der Waals surface area contributed by atoms with E-state index in [1.165, 1.54) is 0 Å². The van der Waals surface area contributed by atoms with Gasteiger partial charge in [0.1, 0.15) is 0 Å². The summed E-state index contributed by atoms with van der Waals surface area (Å²) in [6.45, 7) is 8.40. The third-order valence-corrected chi connectivity index (χ3v) is 2.01. The maximum absolute atomic E-state index is 6.86. The molecule has 0 saturated heterocycles. The molecular weight excluding hydrogens is 112 g/mol. The quantitative estimate of drug-likeness (QED) is 0.574. The van der Waals surface area contributed by atoms with E-state index >= 15 is 0 Å². The number of hydrogen-bond donors (Lipinski definition) is 0. The SMILES string of the molecule is [2H]C([2H])([2H])OCC(C)(C)C(C)C. The van der Waals surface area contributed by atoms with Gasteiger partial charge in [-0.2, -0.15) is 0 Å². The van der Waals surface area contributed by atoms with Crippen LogP contribution in [0.1, 0.15) is 31.8 Å². The lowest BCUT2D eigenvalue weighted by molar-refractivity contribution is 0.0717. The summed E-state index contributed by atoms with van der Waals surface area (Å²) in [5.41, 5.74) is -0.0750. The zero-order chi connectivity index (χ0) is 9.99. The Kier molecular flexibility index (Phi) is 1.69. The van der Waals surface area contributed by atoms with Crippen LogP contribution in [0, 0.1) is 11.3 Å². The lowest BCUT2D eigenvalue weighted by Crippen LogP contribution is -2.24. The Morgan fingerprint density at radius 1 is 1.56 bits per heavy atom. The molecule has 0 amide bonds.